The number of likely N-dealkylation sites (tertiary alicyclic amines) is 1. The smallest absolute Gasteiger partial charge is 0.410 e. The molecular weight excluding hydrogens is 750 g/mol. The summed E-state index contributed by atoms with van der Waals surface area (Å²) in [5.41, 5.74) is -1.99. The van der Waals surface area contributed by atoms with Gasteiger partial charge in [0.15, 0.2) is 12.1 Å². The highest BCUT2D eigenvalue weighted by Crippen LogP contribution is 2.39. The van der Waals surface area contributed by atoms with Crippen LogP contribution in [0.15, 0.2) is 35.5 Å². The molecule has 1 aromatic rings. The van der Waals surface area contributed by atoms with Crippen LogP contribution in [0.4, 0.5) is 4.79 Å². The molecule has 1 amide bonds. The average Bonchev–Trinajstić information content (AvgIpc) is 3.20. The Hall–Kier alpha value is -3.18. The topological polar surface area (TPSA) is 186 Å². The van der Waals surface area contributed by atoms with Crippen molar-refractivity contribution in [3.05, 3.63) is 35.9 Å². The van der Waals surface area contributed by atoms with Crippen LogP contribution in [0.5, 0.6) is 0 Å². The molecule has 4 rings (SSSR count). The number of benzene rings is 1. The molecule has 3 N–H and O–H groups in total. The summed E-state index contributed by atoms with van der Waals surface area (Å²) >= 11 is 0. The Morgan fingerprint density at radius 1 is 1.05 bits per heavy atom. The summed E-state index contributed by atoms with van der Waals surface area (Å²) in [5.74, 6) is -4.95. The van der Waals surface area contributed by atoms with E-state index in [4.69, 9.17) is 28.5 Å². The number of Topliss-reactive ketones (excluding diaryl/α,β-unsaturated/α-hetero) is 1. The van der Waals surface area contributed by atoms with E-state index < -0.39 is 89.5 Å². The van der Waals surface area contributed by atoms with Crippen molar-refractivity contribution >= 4 is 23.6 Å². The van der Waals surface area contributed by atoms with Crippen LogP contribution in [0.2, 0.25) is 0 Å². The highest BCUT2D eigenvalue weighted by Gasteiger charge is 2.51. The van der Waals surface area contributed by atoms with Gasteiger partial charge in [-0.1, -0.05) is 63.2 Å². The second kappa shape index (κ2) is 20.4. The number of rotatable bonds is 9. The number of hydrogen-bond donors (Lipinski definition) is 3. The summed E-state index contributed by atoms with van der Waals surface area (Å²) in [5, 5.41) is 40.0. The van der Waals surface area contributed by atoms with Crippen molar-refractivity contribution in [2.45, 2.75) is 154 Å². The van der Waals surface area contributed by atoms with E-state index in [1.54, 1.807) is 32.6 Å². The SMILES string of the molecule is CC[C@H]1OC(=O)[C@H](C)C(=O)[C@H](C)[C@@H](O[C@@H]2O[C@H](C)C[C@H](N(C)C)[C@H]2O)[C@](C)(OC)C[C@@H](C)/C(=N\O[C@H]2CCCN(C(=O)OCc3ccccc3)C2)[C@H](C)[C@@H](O)[C@]1(C)O. The lowest BCUT2D eigenvalue weighted by atomic mass is 9.74. The first-order valence-corrected chi connectivity index (χ1v) is 20.8. The van der Waals surface area contributed by atoms with Crippen molar-refractivity contribution in [2.24, 2.45) is 28.8 Å². The van der Waals surface area contributed by atoms with Crippen molar-refractivity contribution in [1.82, 2.24) is 9.80 Å². The minimum absolute atomic E-state index is 0.137. The van der Waals surface area contributed by atoms with E-state index >= 15 is 0 Å². The highest BCUT2D eigenvalue weighted by atomic mass is 16.7. The number of carbonyl (C=O) groups is 3. The number of piperidine rings is 1. The molecule has 1 aromatic carbocycles. The first-order chi connectivity index (χ1) is 27.2. The first kappa shape index (κ1) is 47.5. The number of oxime groups is 1. The number of aliphatic hydroxyl groups is 3. The van der Waals surface area contributed by atoms with Crippen molar-refractivity contribution in [2.75, 3.05) is 34.3 Å². The summed E-state index contributed by atoms with van der Waals surface area (Å²) in [6.07, 6.45) is -5.05. The zero-order valence-corrected chi connectivity index (χ0v) is 36.3. The van der Waals surface area contributed by atoms with Crippen LogP contribution in [0, 0.1) is 23.7 Å². The molecule has 14 atom stereocenters. The van der Waals surface area contributed by atoms with Crippen LogP contribution in [-0.2, 0) is 44.7 Å². The maximum atomic E-state index is 14.2. The Balaban J connectivity index is 1.71. The summed E-state index contributed by atoms with van der Waals surface area (Å²) in [7, 11) is 5.24. The number of nitrogens with zero attached hydrogens (tertiary/aromatic N) is 3. The molecule has 15 heteroatoms. The van der Waals surface area contributed by atoms with Crippen LogP contribution >= 0.6 is 0 Å². The van der Waals surface area contributed by atoms with Crippen molar-refractivity contribution < 1.29 is 58.2 Å². The quantitative estimate of drug-likeness (QED) is 0.182. The fourth-order valence-corrected chi connectivity index (χ4v) is 8.75. The third-order valence-corrected chi connectivity index (χ3v) is 12.5. The largest absolute Gasteiger partial charge is 0.459 e. The minimum atomic E-state index is -1.96. The summed E-state index contributed by atoms with van der Waals surface area (Å²) in [6.45, 7) is 14.4. The molecule has 0 radical (unpaired) electrons. The maximum Gasteiger partial charge on any atom is 0.410 e. The minimum Gasteiger partial charge on any atom is -0.459 e. The Morgan fingerprint density at radius 2 is 1.72 bits per heavy atom. The van der Waals surface area contributed by atoms with E-state index in [2.05, 4.69) is 5.16 Å². The van der Waals surface area contributed by atoms with Gasteiger partial charge in [0.25, 0.3) is 0 Å². The lowest BCUT2D eigenvalue weighted by molar-refractivity contribution is -0.295. The van der Waals surface area contributed by atoms with E-state index in [1.807, 2.05) is 63.2 Å². The maximum absolute atomic E-state index is 14.2. The summed E-state index contributed by atoms with van der Waals surface area (Å²) in [4.78, 5) is 50.7. The van der Waals surface area contributed by atoms with E-state index in [0.29, 0.717) is 31.5 Å². The fourth-order valence-electron chi connectivity index (χ4n) is 8.75. The number of ketones is 1. The molecule has 3 saturated heterocycles. The van der Waals surface area contributed by atoms with Gasteiger partial charge >= 0.3 is 12.1 Å². The molecule has 58 heavy (non-hydrogen) atoms. The van der Waals surface area contributed by atoms with Crippen molar-refractivity contribution in [3.8, 4) is 0 Å². The number of ether oxygens (including phenoxy) is 5. The molecule has 0 spiro atoms. The lowest BCUT2D eigenvalue weighted by Gasteiger charge is -2.47. The van der Waals surface area contributed by atoms with Crippen LogP contribution in [-0.4, -0.2) is 143 Å². The zero-order chi connectivity index (χ0) is 43.1. The number of esters is 1. The van der Waals surface area contributed by atoms with E-state index in [0.717, 1.165) is 5.56 Å². The molecule has 0 saturated carbocycles. The molecule has 0 unspecified atom stereocenters. The number of cyclic esters (lactones) is 1. The average molecular weight is 820 g/mol. The first-order valence-electron chi connectivity index (χ1n) is 20.8. The standard InChI is InChI=1S/C43H69N3O12/c1-12-33-43(8,52)37(49)27(4)34(44-58-31-19-16-20-46(23-31)41(51)54-24-30-17-14-13-15-18-30)25(2)22-42(7,53-11)38(28(5)35(47)29(6)39(50)56-33)57-40-36(48)32(45(9)10)21-26(3)55-40/h13-15,17-18,25-29,31-33,36-38,40,48-49,52H,12,16,19-24H2,1-11H3/b44-34+/t25-,26-,27+,28+,29-,31+,32+,33-,36-,37-,38-,40+,42-,43-/m1/s1. The molecule has 3 fully saturated rings. The summed E-state index contributed by atoms with van der Waals surface area (Å²) in [6, 6.07) is 9.13. The van der Waals surface area contributed by atoms with E-state index in [-0.39, 0.29) is 38.1 Å². The Labute approximate surface area is 344 Å². The molecule has 328 valence electrons. The molecule has 3 heterocycles. The number of likely N-dealkylation sites (N-methyl/N-ethyl adjacent to an activating group) is 1. The molecule has 3 aliphatic heterocycles. The monoisotopic (exact) mass is 819 g/mol. The molecular formula is C43H69N3O12. The second-order valence-electron chi connectivity index (χ2n) is 17.3. The van der Waals surface area contributed by atoms with Gasteiger partial charge in [0, 0.05) is 37.5 Å². The highest BCUT2D eigenvalue weighted by molar-refractivity contribution is 6.00. The van der Waals surface area contributed by atoms with Gasteiger partial charge in [-0.3, -0.25) is 9.59 Å². The third-order valence-electron chi connectivity index (χ3n) is 12.5. The fraction of sp³-hybridized carbons (Fsp3) is 0.767. The second-order valence-corrected chi connectivity index (χ2v) is 17.3. The molecule has 0 aliphatic carbocycles. The van der Waals surface area contributed by atoms with Gasteiger partial charge in [-0.25, -0.2) is 4.79 Å². The van der Waals surface area contributed by atoms with Crippen LogP contribution in [0.25, 0.3) is 0 Å². The van der Waals surface area contributed by atoms with Gasteiger partial charge in [0.2, 0.25) is 0 Å². The Bertz CT molecular complexity index is 1540. The van der Waals surface area contributed by atoms with Crippen LogP contribution in [0.3, 0.4) is 0 Å². The van der Waals surface area contributed by atoms with Gasteiger partial charge < -0.3 is 53.6 Å². The van der Waals surface area contributed by atoms with E-state index in [9.17, 15) is 29.7 Å². The molecule has 15 nitrogen and oxygen atoms in total. The van der Waals surface area contributed by atoms with Gasteiger partial charge in [0.05, 0.1) is 36.2 Å². The Kier molecular flexibility index (Phi) is 16.7. The molecule has 0 aromatic heterocycles. The number of hydrogen-bond acceptors (Lipinski definition) is 14. The number of amides is 1. The van der Waals surface area contributed by atoms with Crippen molar-refractivity contribution in [3.63, 3.8) is 0 Å². The van der Waals surface area contributed by atoms with Gasteiger partial charge in [-0.2, -0.15) is 0 Å². The predicted molar refractivity (Wildman–Crippen MR) is 216 cm³/mol. The molecule has 3 aliphatic rings. The Morgan fingerprint density at radius 3 is 2.34 bits per heavy atom. The van der Waals surface area contributed by atoms with E-state index in [1.165, 1.54) is 21.0 Å². The number of carbonyl (C=O) groups excluding carboxylic acids is 3. The normalized spacial score (nSPS) is 39.2. The zero-order valence-electron chi connectivity index (χ0n) is 36.3. The predicted octanol–water partition coefficient (Wildman–Crippen LogP) is 4.33. The number of methoxy groups -OCH3 is 1. The van der Waals surface area contributed by atoms with Gasteiger partial charge in [0.1, 0.15) is 36.4 Å². The van der Waals surface area contributed by atoms with Crippen LogP contribution in [0.1, 0.15) is 93.1 Å². The van der Waals surface area contributed by atoms with Gasteiger partial charge in [-0.05, 0) is 79.5 Å². The van der Waals surface area contributed by atoms with Gasteiger partial charge in [-0.15, -0.1) is 0 Å². The lowest BCUT2D eigenvalue weighted by Crippen LogP contribution is -2.60. The molecule has 0 bridgehead atoms. The number of aliphatic hydroxyl groups excluding tert-OH is 2. The summed E-state index contributed by atoms with van der Waals surface area (Å²) < 4.78 is 30.5. The van der Waals surface area contributed by atoms with Crippen LogP contribution < -0.4 is 0 Å². The third kappa shape index (κ3) is 11.1. The van der Waals surface area contributed by atoms with Crippen molar-refractivity contribution in [1.29, 1.82) is 0 Å².